The van der Waals surface area contributed by atoms with Crippen LogP contribution in [-0.4, -0.2) is 11.9 Å². The van der Waals surface area contributed by atoms with E-state index in [9.17, 15) is 4.79 Å². The van der Waals surface area contributed by atoms with Crippen LogP contribution in [0.5, 0.6) is 5.75 Å². The Bertz CT molecular complexity index is 365. The monoisotopic (exact) mass is 204 g/mol. The van der Waals surface area contributed by atoms with Crippen LogP contribution in [0.15, 0.2) is 24.3 Å². The number of benzene rings is 1. The Morgan fingerprint density at radius 1 is 1.40 bits per heavy atom. The Morgan fingerprint density at radius 2 is 2.13 bits per heavy atom. The van der Waals surface area contributed by atoms with Crippen molar-refractivity contribution in [2.45, 2.75) is 32.8 Å². The van der Waals surface area contributed by atoms with Gasteiger partial charge in [-0.1, -0.05) is 12.1 Å². The second kappa shape index (κ2) is 4.05. The standard InChI is InChI=1S/C13H16O2/c1-9(2)15-12-5-3-4-11(8-12)13(14)10-6-7-10/h3-5,8-10H,6-7H2,1-2H3. The normalized spacial score (nSPS) is 15.4. The molecule has 2 rings (SSSR count). The molecule has 1 saturated carbocycles. The van der Waals surface area contributed by atoms with Gasteiger partial charge in [0.25, 0.3) is 0 Å². The second-order valence-corrected chi connectivity index (χ2v) is 4.33. The van der Waals surface area contributed by atoms with E-state index in [1.54, 1.807) is 0 Å². The van der Waals surface area contributed by atoms with Crippen molar-refractivity contribution in [3.63, 3.8) is 0 Å². The average molecular weight is 204 g/mol. The first-order chi connectivity index (χ1) is 7.16. The molecule has 1 aromatic rings. The number of ketones is 1. The first-order valence-corrected chi connectivity index (χ1v) is 5.48. The van der Waals surface area contributed by atoms with Crippen molar-refractivity contribution in [1.29, 1.82) is 0 Å². The average Bonchev–Trinajstić information content (AvgIpc) is 2.99. The fourth-order valence-electron chi connectivity index (χ4n) is 1.58. The fraction of sp³-hybridized carbons (Fsp3) is 0.462. The first-order valence-electron chi connectivity index (χ1n) is 5.48. The van der Waals surface area contributed by atoms with E-state index < -0.39 is 0 Å². The number of Topliss-reactive ketones (excluding diaryl/α,β-unsaturated/α-hetero) is 1. The number of carbonyl (C=O) groups excluding carboxylic acids is 1. The van der Waals surface area contributed by atoms with Gasteiger partial charge >= 0.3 is 0 Å². The van der Waals surface area contributed by atoms with Gasteiger partial charge in [-0.3, -0.25) is 4.79 Å². The highest BCUT2D eigenvalue weighted by atomic mass is 16.5. The van der Waals surface area contributed by atoms with E-state index in [1.165, 1.54) is 0 Å². The van der Waals surface area contributed by atoms with E-state index in [1.807, 2.05) is 38.1 Å². The van der Waals surface area contributed by atoms with E-state index in [0.717, 1.165) is 24.2 Å². The lowest BCUT2D eigenvalue weighted by Gasteiger charge is -2.10. The van der Waals surface area contributed by atoms with Crippen LogP contribution in [0.3, 0.4) is 0 Å². The lowest BCUT2D eigenvalue weighted by atomic mass is 10.1. The molecule has 1 aliphatic rings. The van der Waals surface area contributed by atoms with Crippen molar-refractivity contribution in [2.75, 3.05) is 0 Å². The number of ether oxygens (including phenoxy) is 1. The second-order valence-electron chi connectivity index (χ2n) is 4.33. The van der Waals surface area contributed by atoms with Crippen molar-refractivity contribution < 1.29 is 9.53 Å². The largest absolute Gasteiger partial charge is 0.491 e. The Morgan fingerprint density at radius 3 is 2.73 bits per heavy atom. The maximum atomic E-state index is 11.8. The Kier molecular flexibility index (Phi) is 2.76. The molecule has 80 valence electrons. The van der Waals surface area contributed by atoms with Gasteiger partial charge < -0.3 is 4.74 Å². The van der Waals surface area contributed by atoms with Gasteiger partial charge in [-0.15, -0.1) is 0 Å². The molecular formula is C13H16O2. The van der Waals surface area contributed by atoms with Gasteiger partial charge in [-0.05, 0) is 38.8 Å². The van der Waals surface area contributed by atoms with Crippen LogP contribution in [-0.2, 0) is 0 Å². The predicted molar refractivity (Wildman–Crippen MR) is 59.3 cm³/mol. The molecule has 2 nitrogen and oxygen atoms in total. The van der Waals surface area contributed by atoms with Crippen molar-refractivity contribution in [1.82, 2.24) is 0 Å². The molecule has 0 atom stereocenters. The van der Waals surface area contributed by atoms with Crippen molar-refractivity contribution in [3.05, 3.63) is 29.8 Å². The van der Waals surface area contributed by atoms with Gasteiger partial charge in [0, 0.05) is 11.5 Å². The van der Waals surface area contributed by atoms with E-state index >= 15 is 0 Å². The smallest absolute Gasteiger partial charge is 0.166 e. The van der Waals surface area contributed by atoms with E-state index in [0.29, 0.717) is 0 Å². The van der Waals surface area contributed by atoms with Gasteiger partial charge in [0.15, 0.2) is 5.78 Å². The van der Waals surface area contributed by atoms with Gasteiger partial charge in [-0.25, -0.2) is 0 Å². The minimum Gasteiger partial charge on any atom is -0.491 e. The van der Waals surface area contributed by atoms with Crippen LogP contribution in [0.25, 0.3) is 0 Å². The zero-order valence-corrected chi connectivity index (χ0v) is 9.19. The Labute approximate surface area is 90.3 Å². The third kappa shape index (κ3) is 2.58. The molecule has 1 aliphatic carbocycles. The molecule has 1 fully saturated rings. The molecule has 2 heteroatoms. The molecule has 0 bridgehead atoms. The van der Waals surface area contributed by atoms with E-state index in [-0.39, 0.29) is 17.8 Å². The summed E-state index contributed by atoms with van der Waals surface area (Å²) in [4.78, 5) is 11.8. The van der Waals surface area contributed by atoms with Crippen LogP contribution in [0, 0.1) is 5.92 Å². The number of hydrogen-bond acceptors (Lipinski definition) is 2. The third-order valence-corrected chi connectivity index (χ3v) is 2.44. The van der Waals surface area contributed by atoms with Gasteiger partial charge in [0.2, 0.25) is 0 Å². The SMILES string of the molecule is CC(C)Oc1cccc(C(=O)C2CC2)c1. The number of hydrogen-bond donors (Lipinski definition) is 0. The van der Waals surface area contributed by atoms with Crippen LogP contribution in [0.2, 0.25) is 0 Å². The summed E-state index contributed by atoms with van der Waals surface area (Å²) in [5.41, 5.74) is 0.788. The summed E-state index contributed by atoms with van der Waals surface area (Å²) in [6.45, 7) is 3.96. The molecule has 0 radical (unpaired) electrons. The topological polar surface area (TPSA) is 26.3 Å². The maximum absolute atomic E-state index is 11.8. The van der Waals surface area contributed by atoms with Crippen LogP contribution >= 0.6 is 0 Å². The van der Waals surface area contributed by atoms with Gasteiger partial charge in [-0.2, -0.15) is 0 Å². The summed E-state index contributed by atoms with van der Waals surface area (Å²) < 4.78 is 5.55. The molecule has 0 spiro atoms. The Hall–Kier alpha value is -1.31. The molecule has 0 aromatic heterocycles. The summed E-state index contributed by atoms with van der Waals surface area (Å²) in [5, 5.41) is 0. The van der Waals surface area contributed by atoms with Crippen LogP contribution < -0.4 is 4.74 Å². The molecule has 0 aliphatic heterocycles. The minimum atomic E-state index is 0.149. The highest BCUT2D eigenvalue weighted by Gasteiger charge is 2.30. The molecule has 0 N–H and O–H groups in total. The van der Waals surface area contributed by atoms with Crippen LogP contribution in [0.4, 0.5) is 0 Å². The quantitative estimate of drug-likeness (QED) is 0.704. The molecular weight excluding hydrogens is 188 g/mol. The lowest BCUT2D eigenvalue weighted by Crippen LogP contribution is -2.07. The molecule has 1 aromatic carbocycles. The van der Waals surface area contributed by atoms with Crippen molar-refractivity contribution in [3.8, 4) is 5.75 Å². The molecule has 0 unspecified atom stereocenters. The number of rotatable bonds is 4. The van der Waals surface area contributed by atoms with Gasteiger partial charge in [0.05, 0.1) is 6.10 Å². The zero-order chi connectivity index (χ0) is 10.8. The van der Waals surface area contributed by atoms with Crippen molar-refractivity contribution >= 4 is 5.78 Å². The summed E-state index contributed by atoms with van der Waals surface area (Å²) in [7, 11) is 0. The van der Waals surface area contributed by atoms with Gasteiger partial charge in [0.1, 0.15) is 5.75 Å². The highest BCUT2D eigenvalue weighted by Crippen LogP contribution is 2.33. The summed E-state index contributed by atoms with van der Waals surface area (Å²) >= 11 is 0. The zero-order valence-electron chi connectivity index (χ0n) is 9.19. The maximum Gasteiger partial charge on any atom is 0.166 e. The van der Waals surface area contributed by atoms with Crippen molar-refractivity contribution in [2.24, 2.45) is 5.92 Å². The van der Waals surface area contributed by atoms with Crippen LogP contribution in [0.1, 0.15) is 37.0 Å². The molecule has 0 heterocycles. The Balaban J connectivity index is 2.14. The van der Waals surface area contributed by atoms with E-state index in [2.05, 4.69) is 0 Å². The molecule has 0 amide bonds. The van der Waals surface area contributed by atoms with E-state index in [4.69, 9.17) is 4.74 Å². The molecule has 0 saturated heterocycles. The minimum absolute atomic E-state index is 0.149. The lowest BCUT2D eigenvalue weighted by molar-refractivity contribution is 0.0967. The summed E-state index contributed by atoms with van der Waals surface area (Å²) in [5.74, 6) is 1.33. The third-order valence-electron chi connectivity index (χ3n) is 2.44. The molecule has 15 heavy (non-hydrogen) atoms. The highest BCUT2D eigenvalue weighted by molar-refractivity contribution is 5.99. The predicted octanol–water partition coefficient (Wildman–Crippen LogP) is 3.07. The summed E-state index contributed by atoms with van der Waals surface area (Å²) in [6, 6.07) is 7.49. The first kappa shape index (κ1) is 10.2. The number of carbonyl (C=O) groups is 1. The fourth-order valence-corrected chi connectivity index (χ4v) is 1.58. The summed E-state index contributed by atoms with van der Waals surface area (Å²) in [6.07, 6.45) is 2.25.